The molecule has 0 spiro atoms. The quantitative estimate of drug-likeness (QED) is 0.809. The molecule has 1 aliphatic rings. The largest absolute Gasteiger partial charge is 0.415 e. The Labute approximate surface area is 146 Å². The molecule has 0 radical (unpaired) electrons. The SMILES string of the molecule is CCc1nnc(Sc2nnc(C3CCCCC3)o2)c(C#N)c1CC. The van der Waals surface area contributed by atoms with E-state index in [1.807, 2.05) is 13.8 Å². The van der Waals surface area contributed by atoms with E-state index in [4.69, 9.17) is 4.42 Å². The molecule has 0 aliphatic heterocycles. The fraction of sp³-hybridized carbons (Fsp3) is 0.588. The van der Waals surface area contributed by atoms with Crippen molar-refractivity contribution < 1.29 is 4.42 Å². The Balaban J connectivity index is 1.84. The summed E-state index contributed by atoms with van der Waals surface area (Å²) < 4.78 is 5.82. The first-order valence-corrected chi connectivity index (χ1v) is 9.38. The lowest BCUT2D eigenvalue weighted by Crippen LogP contribution is -2.04. The lowest BCUT2D eigenvalue weighted by Gasteiger charge is -2.17. The molecule has 3 rings (SSSR count). The molecule has 0 bridgehead atoms. The zero-order valence-corrected chi connectivity index (χ0v) is 14.9. The molecule has 2 aromatic heterocycles. The molecule has 126 valence electrons. The lowest BCUT2D eigenvalue weighted by molar-refractivity contribution is 0.334. The summed E-state index contributed by atoms with van der Waals surface area (Å²) in [6, 6.07) is 2.27. The molecule has 2 aromatic rings. The Morgan fingerprint density at radius 1 is 1.08 bits per heavy atom. The first kappa shape index (κ1) is 16.9. The number of rotatable bonds is 5. The van der Waals surface area contributed by atoms with Gasteiger partial charge in [-0.05, 0) is 43.0 Å². The van der Waals surface area contributed by atoms with Crippen molar-refractivity contribution in [2.75, 3.05) is 0 Å². The second-order valence-electron chi connectivity index (χ2n) is 5.97. The van der Waals surface area contributed by atoms with Gasteiger partial charge in [0.1, 0.15) is 11.1 Å². The van der Waals surface area contributed by atoms with E-state index in [0.29, 0.717) is 27.6 Å². The summed E-state index contributed by atoms with van der Waals surface area (Å²) in [5, 5.41) is 27.3. The topological polar surface area (TPSA) is 88.5 Å². The highest BCUT2D eigenvalue weighted by atomic mass is 32.2. The van der Waals surface area contributed by atoms with Crippen LogP contribution in [0, 0.1) is 11.3 Å². The Morgan fingerprint density at radius 3 is 2.54 bits per heavy atom. The van der Waals surface area contributed by atoms with Crippen LogP contribution in [0.5, 0.6) is 0 Å². The fourth-order valence-corrected chi connectivity index (χ4v) is 3.93. The van der Waals surface area contributed by atoms with E-state index in [9.17, 15) is 5.26 Å². The first-order valence-electron chi connectivity index (χ1n) is 8.56. The smallest absolute Gasteiger partial charge is 0.283 e. The zero-order valence-electron chi connectivity index (χ0n) is 14.1. The minimum atomic E-state index is 0.371. The summed E-state index contributed by atoms with van der Waals surface area (Å²) in [6.07, 6.45) is 7.47. The van der Waals surface area contributed by atoms with E-state index in [2.05, 4.69) is 26.5 Å². The summed E-state index contributed by atoms with van der Waals surface area (Å²) in [5.74, 6) is 1.08. The van der Waals surface area contributed by atoms with Crippen LogP contribution in [0.1, 0.15) is 74.6 Å². The van der Waals surface area contributed by atoms with E-state index in [1.54, 1.807) is 0 Å². The highest BCUT2D eigenvalue weighted by Crippen LogP contribution is 2.35. The van der Waals surface area contributed by atoms with E-state index < -0.39 is 0 Å². The van der Waals surface area contributed by atoms with Crippen LogP contribution in [-0.4, -0.2) is 20.4 Å². The first-order chi connectivity index (χ1) is 11.8. The molecule has 1 aliphatic carbocycles. The molecule has 0 saturated heterocycles. The van der Waals surface area contributed by atoms with Gasteiger partial charge in [-0.3, -0.25) is 0 Å². The van der Waals surface area contributed by atoms with Crippen molar-refractivity contribution in [3.05, 3.63) is 22.7 Å². The second-order valence-corrected chi connectivity index (χ2v) is 6.91. The van der Waals surface area contributed by atoms with Gasteiger partial charge in [0, 0.05) is 5.92 Å². The number of aryl methyl sites for hydroxylation is 1. The molecule has 1 saturated carbocycles. The maximum absolute atomic E-state index is 9.54. The predicted octanol–water partition coefficient (Wildman–Crippen LogP) is 4.05. The van der Waals surface area contributed by atoms with Crippen molar-refractivity contribution in [3.63, 3.8) is 0 Å². The molecule has 6 nitrogen and oxygen atoms in total. The maximum atomic E-state index is 9.54. The van der Waals surface area contributed by atoms with Gasteiger partial charge in [0.15, 0.2) is 0 Å². The molecule has 0 unspecified atom stereocenters. The molecule has 0 N–H and O–H groups in total. The van der Waals surface area contributed by atoms with Crippen molar-refractivity contribution in [2.45, 2.75) is 75.0 Å². The second kappa shape index (κ2) is 7.75. The molecular weight excluding hydrogens is 322 g/mol. The summed E-state index contributed by atoms with van der Waals surface area (Å²) in [7, 11) is 0. The van der Waals surface area contributed by atoms with Gasteiger partial charge >= 0.3 is 0 Å². The Bertz CT molecular complexity index is 746. The molecule has 0 amide bonds. The van der Waals surface area contributed by atoms with Gasteiger partial charge in [-0.1, -0.05) is 33.1 Å². The van der Waals surface area contributed by atoms with Crippen molar-refractivity contribution in [1.82, 2.24) is 20.4 Å². The van der Waals surface area contributed by atoms with Gasteiger partial charge in [-0.25, -0.2) is 0 Å². The van der Waals surface area contributed by atoms with Crippen molar-refractivity contribution >= 4 is 11.8 Å². The number of nitriles is 1. The van der Waals surface area contributed by atoms with E-state index >= 15 is 0 Å². The van der Waals surface area contributed by atoms with Crippen LogP contribution < -0.4 is 0 Å². The monoisotopic (exact) mass is 343 g/mol. The average Bonchev–Trinajstić information content (AvgIpc) is 3.10. The Kier molecular flexibility index (Phi) is 5.46. The van der Waals surface area contributed by atoms with E-state index in [1.165, 1.54) is 31.0 Å². The van der Waals surface area contributed by atoms with Crippen LogP contribution in [0.2, 0.25) is 0 Å². The number of nitrogens with zero attached hydrogens (tertiary/aromatic N) is 5. The van der Waals surface area contributed by atoms with Crippen LogP contribution in [0.25, 0.3) is 0 Å². The van der Waals surface area contributed by atoms with Gasteiger partial charge < -0.3 is 4.42 Å². The molecular formula is C17H21N5OS. The minimum absolute atomic E-state index is 0.371. The third-order valence-corrected chi connectivity index (χ3v) is 5.30. The molecule has 0 atom stereocenters. The third kappa shape index (κ3) is 3.44. The van der Waals surface area contributed by atoms with Crippen LogP contribution in [0.4, 0.5) is 0 Å². The highest BCUT2D eigenvalue weighted by Gasteiger charge is 2.23. The van der Waals surface area contributed by atoms with Crippen molar-refractivity contribution in [2.24, 2.45) is 0 Å². The Morgan fingerprint density at radius 2 is 1.88 bits per heavy atom. The number of aromatic nitrogens is 4. The highest BCUT2D eigenvalue weighted by molar-refractivity contribution is 7.99. The maximum Gasteiger partial charge on any atom is 0.283 e. The predicted molar refractivity (Wildman–Crippen MR) is 89.8 cm³/mol. The van der Waals surface area contributed by atoms with Crippen molar-refractivity contribution in [3.8, 4) is 6.07 Å². The fourth-order valence-electron chi connectivity index (χ4n) is 3.20. The van der Waals surface area contributed by atoms with Gasteiger partial charge in [0.25, 0.3) is 5.22 Å². The van der Waals surface area contributed by atoms with Crippen LogP contribution >= 0.6 is 11.8 Å². The van der Waals surface area contributed by atoms with Gasteiger partial charge in [-0.15, -0.1) is 15.3 Å². The van der Waals surface area contributed by atoms with E-state index in [0.717, 1.165) is 36.9 Å². The van der Waals surface area contributed by atoms with Gasteiger partial charge in [-0.2, -0.15) is 10.4 Å². The molecule has 2 heterocycles. The Hall–Kier alpha value is -1.94. The third-order valence-electron chi connectivity index (χ3n) is 4.49. The summed E-state index contributed by atoms with van der Waals surface area (Å²) in [5.41, 5.74) is 2.42. The van der Waals surface area contributed by atoms with E-state index in [-0.39, 0.29) is 0 Å². The summed E-state index contributed by atoms with van der Waals surface area (Å²) >= 11 is 1.24. The minimum Gasteiger partial charge on any atom is -0.415 e. The standard InChI is InChI=1S/C17H21N5OS/c1-3-12-13(10-18)16(21-19-14(12)4-2)24-17-22-20-15(23-17)11-8-6-5-7-9-11/h11H,3-9H2,1-2H3. The summed E-state index contributed by atoms with van der Waals surface area (Å²) in [6.45, 7) is 4.05. The van der Waals surface area contributed by atoms with Crippen LogP contribution in [-0.2, 0) is 12.8 Å². The summed E-state index contributed by atoms with van der Waals surface area (Å²) in [4.78, 5) is 0. The molecule has 1 fully saturated rings. The molecule has 7 heteroatoms. The number of hydrogen-bond acceptors (Lipinski definition) is 7. The van der Waals surface area contributed by atoms with Crippen LogP contribution in [0.3, 0.4) is 0 Å². The normalized spacial score (nSPS) is 15.4. The molecule has 24 heavy (non-hydrogen) atoms. The van der Waals surface area contributed by atoms with Crippen LogP contribution in [0.15, 0.2) is 14.7 Å². The molecule has 0 aromatic carbocycles. The number of hydrogen-bond donors (Lipinski definition) is 0. The average molecular weight is 343 g/mol. The van der Waals surface area contributed by atoms with Crippen molar-refractivity contribution in [1.29, 1.82) is 5.26 Å². The zero-order chi connectivity index (χ0) is 16.9. The van der Waals surface area contributed by atoms with Gasteiger partial charge in [0.2, 0.25) is 5.89 Å². The lowest BCUT2D eigenvalue weighted by atomic mass is 9.89. The van der Waals surface area contributed by atoms with Gasteiger partial charge in [0.05, 0.1) is 11.3 Å².